The highest BCUT2D eigenvalue weighted by atomic mass is 16.6. The van der Waals surface area contributed by atoms with Crippen molar-refractivity contribution in [3.05, 3.63) is 24.3 Å². The average Bonchev–Trinajstić information content (AvgIpc) is 3.50. The molecule has 4 rings (SSSR count). The van der Waals surface area contributed by atoms with Crippen LogP contribution in [0, 0.1) is 0 Å². The van der Waals surface area contributed by atoms with Gasteiger partial charge >= 0.3 is 0 Å². The number of quaternary nitrogens is 1. The summed E-state index contributed by atoms with van der Waals surface area (Å²) in [7, 11) is 0. The number of fused-ring (bicyclic) bond motifs is 1. The molecule has 2 N–H and O–H groups in total. The molecule has 0 radical (unpaired) electrons. The summed E-state index contributed by atoms with van der Waals surface area (Å²) in [6.45, 7) is 5.03. The molecule has 2 amide bonds. The minimum Gasteiger partial charge on any atom is -0.485 e. The molecule has 1 saturated carbocycles. The van der Waals surface area contributed by atoms with Gasteiger partial charge in [0.2, 0.25) is 6.10 Å². The number of ether oxygens (including phenoxy) is 2. The molecule has 2 fully saturated rings. The van der Waals surface area contributed by atoms with Crippen LogP contribution in [0.5, 0.6) is 11.5 Å². The zero-order chi connectivity index (χ0) is 18.1. The van der Waals surface area contributed by atoms with Crippen LogP contribution in [0.25, 0.3) is 0 Å². The molecule has 0 aromatic heterocycles. The second kappa shape index (κ2) is 7.15. The number of benzene rings is 1. The highest BCUT2D eigenvalue weighted by Crippen LogP contribution is 2.31. The van der Waals surface area contributed by atoms with Gasteiger partial charge in [-0.1, -0.05) is 12.1 Å². The maximum Gasteiger partial charge on any atom is 0.278 e. The average molecular weight is 360 g/mol. The number of piperazine rings is 1. The predicted octanol–water partition coefficient (Wildman–Crippen LogP) is -0.779. The van der Waals surface area contributed by atoms with Gasteiger partial charge in [-0.05, 0) is 31.9 Å². The molecule has 140 valence electrons. The van der Waals surface area contributed by atoms with E-state index >= 15 is 0 Å². The van der Waals surface area contributed by atoms with Crippen molar-refractivity contribution >= 4 is 11.8 Å². The summed E-state index contributed by atoms with van der Waals surface area (Å²) in [6.07, 6.45) is 1.60. The summed E-state index contributed by atoms with van der Waals surface area (Å²) in [6, 6.07) is 7.72. The Hall–Kier alpha value is -2.28. The zero-order valence-corrected chi connectivity index (χ0v) is 15.1. The summed E-state index contributed by atoms with van der Waals surface area (Å²) >= 11 is 0. The van der Waals surface area contributed by atoms with Gasteiger partial charge in [-0.3, -0.25) is 9.59 Å². The van der Waals surface area contributed by atoms with Crippen LogP contribution in [0.4, 0.5) is 0 Å². The smallest absolute Gasteiger partial charge is 0.278 e. The van der Waals surface area contributed by atoms with E-state index in [9.17, 15) is 9.59 Å². The molecule has 7 heteroatoms. The molecule has 0 spiro atoms. The van der Waals surface area contributed by atoms with E-state index in [1.807, 2.05) is 36.1 Å². The van der Waals surface area contributed by atoms with Gasteiger partial charge in [-0.15, -0.1) is 0 Å². The van der Waals surface area contributed by atoms with E-state index in [1.54, 1.807) is 0 Å². The van der Waals surface area contributed by atoms with E-state index in [0.29, 0.717) is 30.6 Å². The van der Waals surface area contributed by atoms with Crippen LogP contribution in [-0.2, 0) is 9.59 Å². The number of para-hydroxylation sites is 2. The lowest BCUT2D eigenvalue weighted by Crippen LogP contribution is -3.19. The third kappa shape index (κ3) is 3.62. The SMILES string of the molecule is C[C@H](C(=O)NC1CC1)[NH+]1CCN(C(=O)[C@H]2COc3ccccc3O2)CC1. The van der Waals surface area contributed by atoms with E-state index in [0.717, 1.165) is 25.9 Å². The lowest BCUT2D eigenvalue weighted by atomic mass is 10.2. The molecule has 1 aliphatic carbocycles. The zero-order valence-electron chi connectivity index (χ0n) is 15.1. The molecule has 0 bridgehead atoms. The molecule has 1 aromatic carbocycles. The van der Waals surface area contributed by atoms with E-state index in [-0.39, 0.29) is 24.5 Å². The molecule has 26 heavy (non-hydrogen) atoms. The molecule has 2 aliphatic heterocycles. The lowest BCUT2D eigenvalue weighted by Gasteiger charge is -2.37. The Morgan fingerprint density at radius 3 is 2.58 bits per heavy atom. The Morgan fingerprint density at radius 1 is 1.19 bits per heavy atom. The Bertz CT molecular complexity index is 683. The first-order valence-electron chi connectivity index (χ1n) is 9.44. The van der Waals surface area contributed by atoms with Crippen LogP contribution in [-0.4, -0.2) is 67.7 Å². The normalized spacial score (nSPS) is 24.0. The van der Waals surface area contributed by atoms with Crippen LogP contribution in [0.15, 0.2) is 24.3 Å². The Balaban J connectivity index is 1.29. The van der Waals surface area contributed by atoms with Gasteiger partial charge in [0, 0.05) is 6.04 Å². The van der Waals surface area contributed by atoms with Gasteiger partial charge in [0.15, 0.2) is 17.5 Å². The lowest BCUT2D eigenvalue weighted by molar-refractivity contribution is -0.918. The monoisotopic (exact) mass is 360 g/mol. The second-order valence-electron chi connectivity index (χ2n) is 7.35. The van der Waals surface area contributed by atoms with Crippen molar-refractivity contribution in [1.29, 1.82) is 0 Å². The van der Waals surface area contributed by atoms with E-state index < -0.39 is 6.10 Å². The number of hydrogen-bond acceptors (Lipinski definition) is 4. The van der Waals surface area contributed by atoms with Crippen molar-refractivity contribution in [2.45, 2.75) is 38.0 Å². The Labute approximate surface area is 153 Å². The highest BCUT2D eigenvalue weighted by Gasteiger charge is 2.36. The summed E-state index contributed by atoms with van der Waals surface area (Å²) in [5.41, 5.74) is 0. The van der Waals surface area contributed by atoms with E-state index in [1.165, 1.54) is 4.90 Å². The fourth-order valence-corrected chi connectivity index (χ4v) is 3.53. The molecule has 1 saturated heterocycles. The number of nitrogens with zero attached hydrogens (tertiary/aromatic N) is 1. The van der Waals surface area contributed by atoms with Gasteiger partial charge < -0.3 is 24.6 Å². The first-order chi connectivity index (χ1) is 12.6. The van der Waals surface area contributed by atoms with Gasteiger partial charge in [-0.25, -0.2) is 0 Å². The first-order valence-corrected chi connectivity index (χ1v) is 9.44. The first kappa shape index (κ1) is 17.1. The molecule has 1 aromatic rings. The van der Waals surface area contributed by atoms with Crippen molar-refractivity contribution in [3.8, 4) is 11.5 Å². The Morgan fingerprint density at radius 2 is 1.88 bits per heavy atom. The van der Waals surface area contributed by atoms with Gasteiger partial charge in [-0.2, -0.15) is 0 Å². The fourth-order valence-electron chi connectivity index (χ4n) is 3.53. The number of carbonyl (C=O) groups excluding carboxylic acids is 2. The molecule has 3 aliphatic rings. The number of amides is 2. The van der Waals surface area contributed by atoms with E-state index in [4.69, 9.17) is 9.47 Å². The topological polar surface area (TPSA) is 72.3 Å². The second-order valence-corrected chi connectivity index (χ2v) is 7.35. The van der Waals surface area contributed by atoms with Crippen molar-refractivity contribution in [2.24, 2.45) is 0 Å². The third-order valence-corrected chi connectivity index (χ3v) is 5.43. The largest absolute Gasteiger partial charge is 0.485 e. The number of rotatable bonds is 4. The Kier molecular flexibility index (Phi) is 4.72. The third-order valence-electron chi connectivity index (χ3n) is 5.43. The minimum absolute atomic E-state index is 0.0337. The van der Waals surface area contributed by atoms with Crippen molar-refractivity contribution in [3.63, 3.8) is 0 Å². The van der Waals surface area contributed by atoms with Crippen molar-refractivity contribution in [1.82, 2.24) is 10.2 Å². The van der Waals surface area contributed by atoms with Crippen molar-refractivity contribution < 1.29 is 24.0 Å². The summed E-state index contributed by atoms with van der Waals surface area (Å²) < 4.78 is 11.5. The minimum atomic E-state index is -0.595. The molecular formula is C19H26N3O4+. The number of carbonyl (C=O) groups is 2. The molecule has 2 atom stereocenters. The molecule has 7 nitrogen and oxygen atoms in total. The van der Waals surface area contributed by atoms with Crippen molar-refractivity contribution in [2.75, 3.05) is 32.8 Å². The van der Waals surface area contributed by atoms with E-state index in [2.05, 4.69) is 5.32 Å². The standard InChI is InChI=1S/C19H25N3O4/c1-13(18(23)20-14-6-7-14)21-8-10-22(11-9-21)19(24)17-12-25-15-4-2-3-5-16(15)26-17/h2-5,13-14,17H,6-12H2,1H3,(H,20,23)/p+1/t13-,17-/m1/s1. The summed E-state index contributed by atoms with van der Waals surface area (Å²) in [5, 5.41) is 3.07. The summed E-state index contributed by atoms with van der Waals surface area (Å²) in [5.74, 6) is 1.39. The van der Waals surface area contributed by atoms with Crippen LogP contribution >= 0.6 is 0 Å². The van der Waals surface area contributed by atoms with Gasteiger partial charge in [0.25, 0.3) is 11.8 Å². The van der Waals surface area contributed by atoms with Crippen LogP contribution in [0.1, 0.15) is 19.8 Å². The molecule has 0 unspecified atom stereocenters. The molecular weight excluding hydrogens is 334 g/mol. The number of nitrogens with one attached hydrogen (secondary N) is 2. The maximum absolute atomic E-state index is 12.8. The highest BCUT2D eigenvalue weighted by molar-refractivity contribution is 5.82. The van der Waals surface area contributed by atoms with Crippen LogP contribution in [0.2, 0.25) is 0 Å². The fraction of sp³-hybridized carbons (Fsp3) is 0.579. The summed E-state index contributed by atoms with van der Waals surface area (Å²) in [4.78, 5) is 28.0. The maximum atomic E-state index is 12.8. The van der Waals surface area contributed by atoms with Crippen LogP contribution in [0.3, 0.4) is 0 Å². The predicted molar refractivity (Wildman–Crippen MR) is 94.3 cm³/mol. The molecule has 2 heterocycles. The quantitative estimate of drug-likeness (QED) is 0.739. The van der Waals surface area contributed by atoms with Gasteiger partial charge in [0.1, 0.15) is 6.61 Å². The van der Waals surface area contributed by atoms with Crippen LogP contribution < -0.4 is 19.7 Å². The number of hydrogen-bond donors (Lipinski definition) is 2. The van der Waals surface area contributed by atoms with Gasteiger partial charge in [0.05, 0.1) is 26.2 Å².